The van der Waals surface area contributed by atoms with Gasteiger partial charge in [0, 0.05) is 37.7 Å². The molecule has 1 aliphatic rings. The van der Waals surface area contributed by atoms with Gasteiger partial charge in [0.15, 0.2) is 0 Å². The second-order valence-corrected chi connectivity index (χ2v) is 6.47. The maximum atomic E-state index is 12.2. The fraction of sp³-hybridized carbons (Fsp3) is 0.444. The number of hydrogen-bond donors (Lipinski definition) is 1. The minimum absolute atomic E-state index is 0.0117. The topological polar surface area (TPSA) is 50.2 Å². The van der Waals surface area contributed by atoms with Gasteiger partial charge in [0.2, 0.25) is 5.91 Å². The molecule has 1 aromatic heterocycles. The van der Waals surface area contributed by atoms with Gasteiger partial charge < -0.3 is 10.2 Å². The van der Waals surface area contributed by atoms with Crippen LogP contribution < -0.4 is 10.2 Å². The van der Waals surface area contributed by atoms with Crippen LogP contribution in [0.25, 0.3) is 0 Å². The van der Waals surface area contributed by atoms with Crippen LogP contribution in [0.15, 0.2) is 36.7 Å². The van der Waals surface area contributed by atoms with Crippen molar-refractivity contribution in [3.63, 3.8) is 0 Å². The number of aryl methyl sites for hydroxylation is 1. The first-order valence-electron chi connectivity index (χ1n) is 8.22. The van der Waals surface area contributed by atoms with E-state index >= 15 is 0 Å². The fourth-order valence-corrected chi connectivity index (χ4v) is 3.00. The molecule has 2 heterocycles. The normalized spacial score (nSPS) is 15.7. The molecule has 5 nitrogen and oxygen atoms in total. The predicted octanol–water partition coefficient (Wildman–Crippen LogP) is 2.84. The summed E-state index contributed by atoms with van der Waals surface area (Å²) >= 11 is 0. The average molecular weight is 312 g/mol. The Morgan fingerprint density at radius 3 is 2.83 bits per heavy atom. The van der Waals surface area contributed by atoms with Crippen molar-refractivity contribution in [1.29, 1.82) is 0 Å². The highest BCUT2D eigenvalue weighted by Gasteiger charge is 2.16. The van der Waals surface area contributed by atoms with Crippen LogP contribution >= 0.6 is 0 Å². The van der Waals surface area contributed by atoms with Gasteiger partial charge in [-0.05, 0) is 42.5 Å². The molecule has 0 spiro atoms. The number of nitrogens with zero attached hydrogens (tertiary/aromatic N) is 3. The van der Waals surface area contributed by atoms with E-state index in [4.69, 9.17) is 0 Å². The maximum Gasteiger partial charge on any atom is 0.228 e. The van der Waals surface area contributed by atoms with Crippen LogP contribution in [0, 0.1) is 5.92 Å². The third-order valence-corrected chi connectivity index (χ3v) is 4.40. The Morgan fingerprint density at radius 1 is 1.35 bits per heavy atom. The molecule has 0 saturated carbocycles. The average Bonchev–Trinajstić information content (AvgIpc) is 2.93. The summed E-state index contributed by atoms with van der Waals surface area (Å²) in [6.45, 7) is 4.49. The summed E-state index contributed by atoms with van der Waals surface area (Å²) in [5.74, 6) is 0.802. The van der Waals surface area contributed by atoms with Crippen molar-refractivity contribution in [2.75, 3.05) is 23.3 Å². The zero-order valence-corrected chi connectivity index (χ0v) is 13.8. The molecule has 0 atom stereocenters. The van der Waals surface area contributed by atoms with E-state index in [9.17, 15) is 4.79 Å². The van der Waals surface area contributed by atoms with Gasteiger partial charge in [0.1, 0.15) is 0 Å². The molecule has 1 amide bonds. The molecule has 5 heteroatoms. The van der Waals surface area contributed by atoms with Gasteiger partial charge in [-0.3, -0.25) is 9.48 Å². The number of rotatable bonds is 4. The lowest BCUT2D eigenvalue weighted by Gasteiger charge is -2.32. The van der Waals surface area contributed by atoms with Crippen molar-refractivity contribution in [3.05, 3.63) is 42.2 Å². The summed E-state index contributed by atoms with van der Waals surface area (Å²) in [5.41, 5.74) is 2.97. The summed E-state index contributed by atoms with van der Waals surface area (Å²) in [5, 5.41) is 7.07. The smallest absolute Gasteiger partial charge is 0.228 e. The Hall–Kier alpha value is -2.30. The van der Waals surface area contributed by atoms with Gasteiger partial charge >= 0.3 is 0 Å². The monoisotopic (exact) mass is 312 g/mol. The molecule has 1 saturated heterocycles. The number of nitrogens with one attached hydrogen (secondary N) is 1. The van der Waals surface area contributed by atoms with Crippen LogP contribution in [0.4, 0.5) is 11.4 Å². The van der Waals surface area contributed by atoms with Crippen LogP contribution in [-0.4, -0.2) is 28.8 Å². The molecule has 1 aliphatic heterocycles. The molecule has 1 N–H and O–H groups in total. The molecule has 23 heavy (non-hydrogen) atoms. The Morgan fingerprint density at radius 2 is 2.13 bits per heavy atom. The lowest BCUT2D eigenvalue weighted by Crippen LogP contribution is -2.32. The van der Waals surface area contributed by atoms with E-state index in [0.717, 1.165) is 30.3 Å². The van der Waals surface area contributed by atoms with E-state index in [2.05, 4.69) is 34.4 Å². The zero-order chi connectivity index (χ0) is 16.2. The Bertz CT molecular complexity index is 671. The lowest BCUT2D eigenvalue weighted by molar-refractivity contribution is -0.115. The van der Waals surface area contributed by atoms with Crippen molar-refractivity contribution < 1.29 is 4.79 Å². The van der Waals surface area contributed by atoms with Crippen LogP contribution in [0.2, 0.25) is 0 Å². The number of benzene rings is 1. The van der Waals surface area contributed by atoms with Crippen molar-refractivity contribution in [3.8, 4) is 0 Å². The zero-order valence-electron chi connectivity index (χ0n) is 13.8. The standard InChI is InChI=1S/C18H24N4O/c1-14-6-8-22(9-7-14)17-5-3-4-16(11-17)20-18(23)10-15-12-19-21(2)13-15/h3-5,11-14H,6-10H2,1-2H3,(H,20,23). The van der Waals surface area contributed by atoms with Crippen molar-refractivity contribution in [2.24, 2.45) is 13.0 Å². The number of carbonyl (C=O) groups excluding carboxylic acids is 1. The molecule has 0 aliphatic carbocycles. The molecular weight excluding hydrogens is 288 g/mol. The molecule has 1 fully saturated rings. The summed E-state index contributed by atoms with van der Waals surface area (Å²) in [4.78, 5) is 14.6. The molecular formula is C18H24N4O. The van der Waals surface area contributed by atoms with E-state index in [1.165, 1.54) is 18.5 Å². The highest BCUT2D eigenvalue weighted by molar-refractivity contribution is 5.92. The predicted molar refractivity (Wildman–Crippen MR) is 92.6 cm³/mol. The minimum atomic E-state index is -0.0117. The second-order valence-electron chi connectivity index (χ2n) is 6.47. The molecule has 122 valence electrons. The molecule has 1 aromatic carbocycles. The van der Waals surface area contributed by atoms with E-state index in [-0.39, 0.29) is 5.91 Å². The van der Waals surface area contributed by atoms with E-state index in [0.29, 0.717) is 6.42 Å². The number of aromatic nitrogens is 2. The minimum Gasteiger partial charge on any atom is -0.371 e. The quantitative estimate of drug-likeness (QED) is 0.944. The highest BCUT2D eigenvalue weighted by atomic mass is 16.1. The van der Waals surface area contributed by atoms with Gasteiger partial charge in [-0.15, -0.1) is 0 Å². The van der Waals surface area contributed by atoms with Crippen LogP contribution in [0.5, 0.6) is 0 Å². The van der Waals surface area contributed by atoms with Gasteiger partial charge in [-0.2, -0.15) is 5.10 Å². The summed E-state index contributed by atoms with van der Waals surface area (Å²) < 4.78 is 1.71. The largest absolute Gasteiger partial charge is 0.371 e. The van der Waals surface area contributed by atoms with Gasteiger partial charge in [-0.25, -0.2) is 0 Å². The van der Waals surface area contributed by atoms with Crippen molar-refractivity contribution in [2.45, 2.75) is 26.2 Å². The SMILES string of the molecule is CC1CCN(c2cccc(NC(=O)Cc3cnn(C)c3)c2)CC1. The third kappa shape index (κ3) is 4.12. The van der Waals surface area contributed by atoms with E-state index < -0.39 is 0 Å². The lowest BCUT2D eigenvalue weighted by atomic mass is 9.99. The van der Waals surface area contributed by atoms with Gasteiger partial charge in [0.25, 0.3) is 0 Å². The molecule has 3 rings (SSSR count). The van der Waals surface area contributed by atoms with Gasteiger partial charge in [0.05, 0.1) is 12.6 Å². The molecule has 0 bridgehead atoms. The summed E-state index contributed by atoms with van der Waals surface area (Å²) in [7, 11) is 1.85. The van der Waals surface area contributed by atoms with Crippen LogP contribution in [-0.2, 0) is 18.3 Å². The first-order chi connectivity index (χ1) is 11.1. The fourth-order valence-electron chi connectivity index (χ4n) is 3.00. The number of hydrogen-bond acceptors (Lipinski definition) is 3. The first kappa shape index (κ1) is 15.6. The van der Waals surface area contributed by atoms with E-state index in [1.54, 1.807) is 10.9 Å². The first-order valence-corrected chi connectivity index (χ1v) is 8.22. The Balaban J connectivity index is 1.62. The maximum absolute atomic E-state index is 12.2. The Labute approximate surface area is 137 Å². The Kier molecular flexibility index (Phi) is 4.65. The molecule has 2 aromatic rings. The number of anilines is 2. The number of carbonyl (C=O) groups is 1. The van der Waals surface area contributed by atoms with E-state index in [1.807, 2.05) is 25.4 Å². The second kappa shape index (κ2) is 6.86. The molecule has 0 unspecified atom stereocenters. The van der Waals surface area contributed by atoms with Gasteiger partial charge in [-0.1, -0.05) is 13.0 Å². The number of piperidine rings is 1. The summed E-state index contributed by atoms with van der Waals surface area (Å²) in [6, 6.07) is 8.13. The number of amides is 1. The molecule has 0 radical (unpaired) electrons. The van der Waals surface area contributed by atoms with Crippen LogP contribution in [0.1, 0.15) is 25.3 Å². The van der Waals surface area contributed by atoms with Crippen molar-refractivity contribution >= 4 is 17.3 Å². The highest BCUT2D eigenvalue weighted by Crippen LogP contribution is 2.25. The summed E-state index contributed by atoms with van der Waals surface area (Å²) in [6.07, 6.45) is 6.41. The third-order valence-electron chi connectivity index (χ3n) is 4.40. The van der Waals surface area contributed by atoms with Crippen LogP contribution in [0.3, 0.4) is 0 Å². The van der Waals surface area contributed by atoms with Crippen molar-refractivity contribution in [1.82, 2.24) is 9.78 Å².